The van der Waals surface area contributed by atoms with Crippen LogP contribution < -0.4 is 5.32 Å². The minimum atomic E-state index is -0.126. The molecule has 2 aromatic carbocycles. The van der Waals surface area contributed by atoms with Crippen molar-refractivity contribution in [3.8, 4) is 0 Å². The van der Waals surface area contributed by atoms with E-state index in [1.807, 2.05) is 48.5 Å². The monoisotopic (exact) mass is 308 g/mol. The highest BCUT2D eigenvalue weighted by Gasteiger charge is 2.07. The number of thioether (sulfide) groups is 1. The summed E-state index contributed by atoms with van der Waals surface area (Å²) in [6.45, 7) is 0.618. The van der Waals surface area contributed by atoms with Crippen LogP contribution >= 0.6 is 11.8 Å². The molecule has 0 aliphatic carbocycles. The third-order valence-electron chi connectivity index (χ3n) is 3.23. The Morgan fingerprint density at radius 1 is 0.955 bits per heavy atom. The molecule has 0 bridgehead atoms. The van der Waals surface area contributed by atoms with E-state index in [9.17, 15) is 4.79 Å². The van der Waals surface area contributed by atoms with E-state index in [0.717, 1.165) is 16.7 Å². The second kappa shape index (κ2) is 7.09. The third-order valence-corrected chi connectivity index (χ3v) is 4.24. The third kappa shape index (κ3) is 3.65. The fraction of sp³-hybridized carbons (Fsp3) is 0.111. The molecule has 110 valence electrons. The SMILES string of the molecule is O=C(NCCSc1ccccc1)c1ccc2ccccc2n1. The zero-order chi connectivity index (χ0) is 15.2. The van der Waals surface area contributed by atoms with Crippen molar-refractivity contribution in [1.82, 2.24) is 10.3 Å². The highest BCUT2D eigenvalue weighted by molar-refractivity contribution is 7.99. The number of nitrogens with zero attached hydrogens (tertiary/aromatic N) is 1. The van der Waals surface area contributed by atoms with Gasteiger partial charge in [0, 0.05) is 22.6 Å². The molecule has 3 rings (SSSR count). The summed E-state index contributed by atoms with van der Waals surface area (Å²) in [6, 6.07) is 21.6. The number of fused-ring (bicyclic) bond motifs is 1. The van der Waals surface area contributed by atoms with Crippen molar-refractivity contribution >= 4 is 28.6 Å². The molecule has 1 aromatic heterocycles. The smallest absolute Gasteiger partial charge is 0.269 e. The molecule has 4 heteroatoms. The Labute approximate surface area is 133 Å². The number of hydrogen-bond acceptors (Lipinski definition) is 3. The summed E-state index contributed by atoms with van der Waals surface area (Å²) in [7, 11) is 0. The first kappa shape index (κ1) is 14.6. The Hall–Kier alpha value is -2.33. The average Bonchev–Trinajstić information content (AvgIpc) is 2.59. The molecule has 1 heterocycles. The van der Waals surface area contributed by atoms with E-state index in [1.165, 1.54) is 4.90 Å². The van der Waals surface area contributed by atoms with Crippen LogP contribution in [0, 0.1) is 0 Å². The number of rotatable bonds is 5. The zero-order valence-electron chi connectivity index (χ0n) is 12.0. The van der Waals surface area contributed by atoms with Crippen LogP contribution in [0.4, 0.5) is 0 Å². The van der Waals surface area contributed by atoms with E-state index in [0.29, 0.717) is 12.2 Å². The number of aromatic nitrogens is 1. The number of amides is 1. The Bertz CT molecular complexity index is 774. The minimum absolute atomic E-state index is 0.126. The molecule has 0 saturated heterocycles. The van der Waals surface area contributed by atoms with Crippen LogP contribution in [-0.4, -0.2) is 23.2 Å². The van der Waals surface area contributed by atoms with E-state index in [-0.39, 0.29) is 5.91 Å². The van der Waals surface area contributed by atoms with Gasteiger partial charge in [0.05, 0.1) is 5.52 Å². The number of nitrogens with one attached hydrogen (secondary N) is 1. The normalized spacial score (nSPS) is 10.5. The van der Waals surface area contributed by atoms with Crippen LogP contribution in [0.15, 0.2) is 71.6 Å². The molecule has 0 unspecified atom stereocenters. The number of pyridine rings is 1. The Morgan fingerprint density at radius 3 is 2.59 bits per heavy atom. The topological polar surface area (TPSA) is 42.0 Å². The lowest BCUT2D eigenvalue weighted by molar-refractivity contribution is 0.0951. The summed E-state index contributed by atoms with van der Waals surface area (Å²) in [6.07, 6.45) is 0. The molecule has 0 saturated carbocycles. The van der Waals surface area contributed by atoms with Gasteiger partial charge in [-0.3, -0.25) is 4.79 Å². The summed E-state index contributed by atoms with van der Waals surface area (Å²) in [5.74, 6) is 0.711. The summed E-state index contributed by atoms with van der Waals surface area (Å²) >= 11 is 1.73. The van der Waals surface area contributed by atoms with Crippen molar-refractivity contribution in [2.75, 3.05) is 12.3 Å². The maximum Gasteiger partial charge on any atom is 0.269 e. The van der Waals surface area contributed by atoms with Crippen LogP contribution in [0.25, 0.3) is 10.9 Å². The highest BCUT2D eigenvalue weighted by Crippen LogP contribution is 2.16. The fourth-order valence-electron chi connectivity index (χ4n) is 2.13. The molecule has 0 spiro atoms. The molecule has 1 N–H and O–H groups in total. The van der Waals surface area contributed by atoms with Gasteiger partial charge in [0.25, 0.3) is 5.91 Å². The van der Waals surface area contributed by atoms with Crippen molar-refractivity contribution in [3.05, 3.63) is 72.4 Å². The van der Waals surface area contributed by atoms with Gasteiger partial charge in [-0.25, -0.2) is 4.98 Å². The largest absolute Gasteiger partial charge is 0.350 e. The second-order valence-corrected chi connectivity index (χ2v) is 5.97. The van der Waals surface area contributed by atoms with Gasteiger partial charge in [-0.1, -0.05) is 42.5 Å². The first-order valence-corrected chi connectivity index (χ1v) is 8.13. The van der Waals surface area contributed by atoms with Crippen LogP contribution in [-0.2, 0) is 0 Å². The number of carbonyl (C=O) groups excluding carboxylic acids is 1. The molecule has 3 aromatic rings. The lowest BCUT2D eigenvalue weighted by Crippen LogP contribution is -2.26. The van der Waals surface area contributed by atoms with Crippen LogP contribution in [0.5, 0.6) is 0 Å². The van der Waals surface area contributed by atoms with Crippen molar-refractivity contribution in [2.45, 2.75) is 4.90 Å². The van der Waals surface area contributed by atoms with Crippen molar-refractivity contribution < 1.29 is 4.79 Å². The van der Waals surface area contributed by atoms with Gasteiger partial charge >= 0.3 is 0 Å². The van der Waals surface area contributed by atoms with Gasteiger partial charge in [-0.2, -0.15) is 0 Å². The zero-order valence-corrected chi connectivity index (χ0v) is 12.8. The maximum atomic E-state index is 12.1. The molecule has 0 fully saturated rings. The maximum absolute atomic E-state index is 12.1. The molecule has 22 heavy (non-hydrogen) atoms. The first-order valence-electron chi connectivity index (χ1n) is 7.15. The van der Waals surface area contributed by atoms with Crippen LogP contribution in [0.2, 0.25) is 0 Å². The number of benzene rings is 2. The average molecular weight is 308 g/mol. The van der Waals surface area contributed by atoms with Crippen molar-refractivity contribution in [2.24, 2.45) is 0 Å². The van der Waals surface area contributed by atoms with Gasteiger partial charge < -0.3 is 5.32 Å². The van der Waals surface area contributed by atoms with Gasteiger partial charge in [0.2, 0.25) is 0 Å². The summed E-state index contributed by atoms with van der Waals surface area (Å²) in [4.78, 5) is 17.7. The lowest BCUT2D eigenvalue weighted by Gasteiger charge is -2.06. The van der Waals surface area contributed by atoms with Crippen LogP contribution in [0.1, 0.15) is 10.5 Å². The lowest BCUT2D eigenvalue weighted by atomic mass is 10.2. The highest BCUT2D eigenvalue weighted by atomic mass is 32.2. The summed E-state index contributed by atoms with van der Waals surface area (Å²) in [5, 5.41) is 3.95. The number of para-hydroxylation sites is 1. The van der Waals surface area contributed by atoms with E-state index in [1.54, 1.807) is 17.8 Å². The summed E-state index contributed by atoms with van der Waals surface area (Å²) in [5.41, 5.74) is 1.30. The van der Waals surface area contributed by atoms with E-state index in [2.05, 4.69) is 22.4 Å². The quantitative estimate of drug-likeness (QED) is 0.576. The molecular weight excluding hydrogens is 292 g/mol. The van der Waals surface area contributed by atoms with Gasteiger partial charge in [0.1, 0.15) is 5.69 Å². The van der Waals surface area contributed by atoms with Gasteiger partial charge in [-0.05, 0) is 24.3 Å². The Morgan fingerprint density at radius 2 is 1.73 bits per heavy atom. The van der Waals surface area contributed by atoms with Crippen molar-refractivity contribution in [1.29, 1.82) is 0 Å². The molecular formula is C18H16N2OS. The molecule has 0 aliphatic heterocycles. The van der Waals surface area contributed by atoms with E-state index < -0.39 is 0 Å². The Balaban J connectivity index is 1.54. The van der Waals surface area contributed by atoms with Crippen LogP contribution in [0.3, 0.4) is 0 Å². The second-order valence-electron chi connectivity index (χ2n) is 4.81. The molecule has 0 radical (unpaired) electrons. The van der Waals surface area contributed by atoms with Crippen molar-refractivity contribution in [3.63, 3.8) is 0 Å². The predicted octanol–water partition coefficient (Wildman–Crippen LogP) is 3.76. The Kier molecular flexibility index (Phi) is 4.71. The summed E-state index contributed by atoms with van der Waals surface area (Å²) < 4.78 is 0. The molecule has 0 aliphatic rings. The molecule has 1 amide bonds. The predicted molar refractivity (Wildman–Crippen MR) is 91.2 cm³/mol. The standard InChI is InChI=1S/C18H16N2OS/c21-18(19-12-13-22-15-7-2-1-3-8-15)17-11-10-14-6-4-5-9-16(14)20-17/h1-11H,12-13H2,(H,19,21). The molecule has 3 nitrogen and oxygen atoms in total. The first-order chi connectivity index (χ1) is 10.8. The molecule has 0 atom stereocenters. The minimum Gasteiger partial charge on any atom is -0.350 e. The number of carbonyl (C=O) groups is 1. The van der Waals surface area contributed by atoms with E-state index in [4.69, 9.17) is 0 Å². The van der Waals surface area contributed by atoms with Gasteiger partial charge in [0.15, 0.2) is 0 Å². The van der Waals surface area contributed by atoms with E-state index >= 15 is 0 Å². The van der Waals surface area contributed by atoms with Gasteiger partial charge in [-0.15, -0.1) is 11.8 Å². The number of hydrogen-bond donors (Lipinski definition) is 1. The fourth-order valence-corrected chi connectivity index (χ4v) is 2.92.